The quantitative estimate of drug-likeness (QED) is 0.430. The Morgan fingerprint density at radius 2 is 1.11 bits per heavy atom. The fraction of sp³-hybridized carbons (Fsp3) is 0.917. The fourth-order valence-corrected chi connectivity index (χ4v) is 1.62. The first-order valence-corrected chi connectivity index (χ1v) is 6.98. The highest BCUT2D eigenvalue weighted by Gasteiger charge is 2.91. The molecule has 3 nitrogen and oxygen atoms in total. The third-order valence-corrected chi connectivity index (χ3v) is 3.29. The average Bonchev–Trinajstić information content (AvgIpc) is 2.48. The molecule has 0 bridgehead atoms. The van der Waals surface area contributed by atoms with E-state index in [1.54, 1.807) is 0 Å². The van der Waals surface area contributed by atoms with E-state index < -0.39 is 48.2 Å². The zero-order valence-corrected chi connectivity index (χ0v) is 13.9. The largest absolute Gasteiger partial charge is 0.460 e. The van der Waals surface area contributed by atoms with E-state index in [1.165, 1.54) is 19.0 Å². The minimum Gasteiger partial charge on any atom is -0.351 e. The van der Waals surface area contributed by atoms with Gasteiger partial charge >= 0.3 is 35.8 Å². The Balaban J connectivity index is 5.82. The van der Waals surface area contributed by atoms with Gasteiger partial charge in [-0.1, -0.05) is 0 Å². The number of nitrogens with one attached hydrogen (secondary N) is 1. The van der Waals surface area contributed by atoms with Gasteiger partial charge in [0.1, 0.15) is 0 Å². The Hall–Kier alpha value is -1.48. The highest BCUT2D eigenvalue weighted by atomic mass is 19.4. The number of rotatable bonds is 9. The third kappa shape index (κ3) is 4.25. The van der Waals surface area contributed by atoms with E-state index in [2.05, 4.69) is 0 Å². The van der Waals surface area contributed by atoms with Crippen molar-refractivity contribution in [2.75, 3.05) is 27.2 Å². The van der Waals surface area contributed by atoms with Crippen LogP contribution < -0.4 is 5.32 Å². The Labute approximate surface area is 148 Å². The SMILES string of the molecule is CN(C)CCCNC(=O)C(F)(F)C(F)(F)C(F)(F)C(F)(F)C(F)(F)C(F)(F)F. The van der Waals surface area contributed by atoms with Crippen molar-refractivity contribution in [3.63, 3.8) is 0 Å². The number of halogens is 13. The second-order valence-electron chi connectivity index (χ2n) is 5.78. The van der Waals surface area contributed by atoms with Crippen molar-refractivity contribution in [3.8, 4) is 0 Å². The minimum atomic E-state index is -8.02. The number of hydrogen-bond acceptors (Lipinski definition) is 2. The molecule has 168 valence electrons. The minimum absolute atomic E-state index is 0.0638. The zero-order valence-electron chi connectivity index (χ0n) is 13.9. The topological polar surface area (TPSA) is 32.3 Å². The molecular weight excluding hydrogens is 435 g/mol. The number of alkyl halides is 13. The number of nitrogens with zero attached hydrogens (tertiary/aromatic N) is 1. The molecule has 0 aliphatic rings. The lowest BCUT2D eigenvalue weighted by atomic mass is 9.93. The van der Waals surface area contributed by atoms with Crippen molar-refractivity contribution >= 4 is 5.91 Å². The van der Waals surface area contributed by atoms with Crippen LogP contribution in [0.2, 0.25) is 0 Å². The van der Waals surface area contributed by atoms with Crippen LogP contribution in [0.1, 0.15) is 6.42 Å². The Morgan fingerprint density at radius 3 is 1.46 bits per heavy atom. The highest BCUT2D eigenvalue weighted by molar-refractivity contribution is 5.84. The summed E-state index contributed by atoms with van der Waals surface area (Å²) < 4.78 is 167. The fourth-order valence-electron chi connectivity index (χ4n) is 1.62. The summed E-state index contributed by atoms with van der Waals surface area (Å²) in [6.45, 7) is -0.780. The molecule has 0 radical (unpaired) electrons. The molecule has 0 rings (SSSR count). The van der Waals surface area contributed by atoms with Crippen molar-refractivity contribution in [3.05, 3.63) is 0 Å². The van der Waals surface area contributed by atoms with E-state index in [0.717, 1.165) is 5.32 Å². The van der Waals surface area contributed by atoms with Crippen molar-refractivity contribution < 1.29 is 61.9 Å². The molecule has 0 aromatic carbocycles. The Kier molecular flexibility index (Phi) is 7.33. The van der Waals surface area contributed by atoms with Crippen LogP contribution in [0, 0.1) is 0 Å². The Morgan fingerprint density at radius 1 is 0.714 bits per heavy atom. The van der Waals surface area contributed by atoms with E-state index in [0.29, 0.717) is 0 Å². The highest BCUT2D eigenvalue weighted by Crippen LogP contribution is 2.60. The number of carbonyl (C=O) groups excluding carboxylic acids is 1. The number of carbonyl (C=O) groups is 1. The molecule has 1 amide bonds. The monoisotopic (exact) mass is 448 g/mol. The third-order valence-electron chi connectivity index (χ3n) is 3.29. The van der Waals surface area contributed by atoms with Crippen LogP contribution in [0.15, 0.2) is 0 Å². The van der Waals surface area contributed by atoms with Crippen molar-refractivity contribution in [2.24, 2.45) is 0 Å². The molecule has 0 heterocycles. The van der Waals surface area contributed by atoms with Crippen LogP contribution >= 0.6 is 0 Å². The first kappa shape index (κ1) is 26.5. The summed E-state index contributed by atoms with van der Waals surface area (Å²) >= 11 is 0. The van der Waals surface area contributed by atoms with Crippen LogP contribution in [0.25, 0.3) is 0 Å². The molecule has 1 N–H and O–H groups in total. The van der Waals surface area contributed by atoms with E-state index in [1.807, 2.05) is 0 Å². The van der Waals surface area contributed by atoms with Crippen LogP contribution in [0.3, 0.4) is 0 Å². The lowest BCUT2D eigenvalue weighted by molar-refractivity contribution is -0.436. The van der Waals surface area contributed by atoms with Gasteiger partial charge in [0.25, 0.3) is 5.91 Å². The molecule has 0 atom stereocenters. The lowest BCUT2D eigenvalue weighted by Crippen LogP contribution is -2.72. The molecule has 16 heteroatoms. The second kappa shape index (κ2) is 7.74. The normalized spacial score (nSPS) is 15.1. The smallest absolute Gasteiger partial charge is 0.351 e. The van der Waals surface area contributed by atoms with Crippen molar-refractivity contribution in [1.29, 1.82) is 0 Å². The molecule has 0 unspecified atom stereocenters. The molecule has 0 saturated carbocycles. The summed E-state index contributed by atoms with van der Waals surface area (Å²) in [5.41, 5.74) is 0. The van der Waals surface area contributed by atoms with Crippen LogP contribution in [0.4, 0.5) is 57.1 Å². The van der Waals surface area contributed by atoms with Crippen LogP contribution in [-0.4, -0.2) is 73.8 Å². The van der Waals surface area contributed by atoms with Crippen LogP contribution in [-0.2, 0) is 4.79 Å². The zero-order chi connectivity index (χ0) is 23.0. The first-order chi connectivity index (χ1) is 12.1. The maximum Gasteiger partial charge on any atom is 0.460 e. The van der Waals surface area contributed by atoms with E-state index in [-0.39, 0.29) is 13.0 Å². The summed E-state index contributed by atoms with van der Waals surface area (Å²) in [6.07, 6.45) is -7.70. The van der Waals surface area contributed by atoms with Gasteiger partial charge in [-0.3, -0.25) is 4.79 Å². The van der Waals surface area contributed by atoms with E-state index in [4.69, 9.17) is 0 Å². The standard InChI is InChI=1S/C12H13F13N2O/c1-27(2)5-3-4-26-6(28)7(13,14)8(15,16)9(17,18)10(19,20)11(21,22)12(23,24)25/h3-5H2,1-2H3,(H,26,28). The number of hydrogen-bond donors (Lipinski definition) is 1. The van der Waals surface area contributed by atoms with Gasteiger partial charge in [0.15, 0.2) is 0 Å². The van der Waals surface area contributed by atoms with Gasteiger partial charge in [0.05, 0.1) is 0 Å². The molecular formula is C12H13F13N2O. The Bertz CT molecular complexity index is 556. The average molecular weight is 448 g/mol. The summed E-state index contributed by atoms with van der Waals surface area (Å²) in [4.78, 5) is 12.4. The summed E-state index contributed by atoms with van der Waals surface area (Å²) in [5.74, 6) is -41.4. The van der Waals surface area contributed by atoms with Gasteiger partial charge in [-0.25, -0.2) is 0 Å². The van der Waals surface area contributed by atoms with Gasteiger partial charge in [-0.2, -0.15) is 57.1 Å². The molecule has 0 aliphatic carbocycles. The first-order valence-electron chi connectivity index (χ1n) is 6.98. The number of amides is 1. The molecule has 0 aromatic heterocycles. The summed E-state index contributed by atoms with van der Waals surface area (Å²) in [6, 6.07) is 0. The molecule has 0 fully saturated rings. The maximum atomic E-state index is 13.4. The molecule has 0 saturated heterocycles. The van der Waals surface area contributed by atoms with Crippen molar-refractivity contribution in [1.82, 2.24) is 10.2 Å². The van der Waals surface area contributed by atoms with Gasteiger partial charge in [0, 0.05) is 6.54 Å². The van der Waals surface area contributed by atoms with Gasteiger partial charge in [-0.15, -0.1) is 0 Å². The molecule has 28 heavy (non-hydrogen) atoms. The van der Waals surface area contributed by atoms with Crippen LogP contribution in [0.5, 0.6) is 0 Å². The van der Waals surface area contributed by atoms with Gasteiger partial charge < -0.3 is 10.2 Å². The summed E-state index contributed by atoms with van der Waals surface area (Å²) in [7, 11) is 2.90. The maximum absolute atomic E-state index is 13.4. The molecule has 0 aromatic rings. The van der Waals surface area contributed by atoms with E-state index in [9.17, 15) is 61.9 Å². The predicted molar refractivity (Wildman–Crippen MR) is 67.0 cm³/mol. The molecule has 0 spiro atoms. The summed E-state index contributed by atoms with van der Waals surface area (Å²) in [5, 5.41) is 0.993. The lowest BCUT2D eigenvalue weighted by Gasteiger charge is -2.39. The second-order valence-corrected chi connectivity index (χ2v) is 5.78. The van der Waals surface area contributed by atoms with E-state index >= 15 is 0 Å². The van der Waals surface area contributed by atoms with Crippen molar-refractivity contribution in [2.45, 2.75) is 42.2 Å². The van der Waals surface area contributed by atoms with Gasteiger partial charge in [0.2, 0.25) is 0 Å². The molecule has 0 aliphatic heterocycles. The van der Waals surface area contributed by atoms with Gasteiger partial charge in [-0.05, 0) is 27.1 Å². The predicted octanol–water partition coefficient (Wildman–Crippen LogP) is 3.79.